The molecular weight excluding hydrogens is 351 g/mol. The summed E-state index contributed by atoms with van der Waals surface area (Å²) in [6.45, 7) is 5.00. The lowest BCUT2D eigenvalue weighted by Gasteiger charge is -2.29. The second-order valence-corrected chi connectivity index (χ2v) is 8.06. The predicted octanol–water partition coefficient (Wildman–Crippen LogP) is 3.80. The first-order valence-corrected chi connectivity index (χ1v) is 9.80. The van der Waals surface area contributed by atoms with Crippen LogP contribution in [0, 0.1) is 5.82 Å². The number of hydrogen-bond acceptors (Lipinski definition) is 4. The van der Waals surface area contributed by atoms with Crippen LogP contribution in [0.15, 0.2) is 36.4 Å². The normalized spacial score (nSPS) is 19.9. The number of benzene rings is 1. The zero-order valence-corrected chi connectivity index (χ0v) is 16.0. The van der Waals surface area contributed by atoms with Gasteiger partial charge in [-0.3, -0.25) is 4.79 Å². The zero-order valence-electron chi connectivity index (χ0n) is 15.2. The monoisotopic (exact) mass is 376 g/mol. The maximum absolute atomic E-state index is 13.4. The molecule has 0 unspecified atom stereocenters. The lowest BCUT2D eigenvalue weighted by atomic mass is 10.1. The van der Waals surface area contributed by atoms with Gasteiger partial charge < -0.3 is 15.4 Å². The van der Waals surface area contributed by atoms with Crippen molar-refractivity contribution in [3.8, 4) is 10.4 Å². The Morgan fingerprint density at radius 2 is 2.15 bits per heavy atom. The van der Waals surface area contributed by atoms with Gasteiger partial charge in [0, 0.05) is 22.3 Å². The van der Waals surface area contributed by atoms with Gasteiger partial charge in [-0.1, -0.05) is 12.1 Å². The molecule has 0 bridgehead atoms. The van der Waals surface area contributed by atoms with Crippen LogP contribution in [0.3, 0.4) is 0 Å². The number of amides is 1. The minimum atomic E-state index is -0.395. The minimum Gasteiger partial charge on any atom is -0.364 e. The molecule has 2 N–H and O–H groups in total. The molecule has 1 aliphatic rings. The fraction of sp³-hybridized carbons (Fsp3) is 0.450. The molecular formula is C20H25FN2O2S. The smallest absolute Gasteiger partial charge is 0.252 e. The zero-order chi connectivity index (χ0) is 18.7. The number of ether oxygens (including phenoxy) is 1. The quantitative estimate of drug-likeness (QED) is 0.834. The van der Waals surface area contributed by atoms with Gasteiger partial charge in [-0.15, -0.1) is 11.3 Å². The van der Waals surface area contributed by atoms with Crippen LogP contribution in [0.4, 0.5) is 4.39 Å². The molecule has 3 rings (SSSR count). The molecule has 1 saturated heterocycles. The van der Waals surface area contributed by atoms with Gasteiger partial charge in [0.25, 0.3) is 5.91 Å². The molecule has 0 aliphatic carbocycles. The summed E-state index contributed by atoms with van der Waals surface area (Å²) in [5.41, 5.74) is 6.50. The summed E-state index contributed by atoms with van der Waals surface area (Å²) in [5.74, 6) is -0.221. The van der Waals surface area contributed by atoms with Crippen molar-refractivity contribution < 1.29 is 13.9 Å². The van der Waals surface area contributed by atoms with E-state index in [1.165, 1.54) is 12.1 Å². The summed E-state index contributed by atoms with van der Waals surface area (Å²) >= 11 is 1.58. The van der Waals surface area contributed by atoms with Crippen molar-refractivity contribution in [3.05, 3.63) is 47.1 Å². The summed E-state index contributed by atoms with van der Waals surface area (Å²) in [6.07, 6.45) is 1.15. The molecule has 1 aromatic carbocycles. The minimum absolute atomic E-state index is 0.0146. The van der Waals surface area contributed by atoms with Crippen LogP contribution in [-0.4, -0.2) is 35.6 Å². The Labute approximate surface area is 157 Å². The molecule has 2 atom stereocenters. The van der Waals surface area contributed by atoms with E-state index in [2.05, 4.69) is 0 Å². The molecule has 26 heavy (non-hydrogen) atoms. The highest BCUT2D eigenvalue weighted by molar-refractivity contribution is 7.15. The van der Waals surface area contributed by atoms with E-state index in [-0.39, 0.29) is 23.9 Å². The maximum Gasteiger partial charge on any atom is 0.252 e. The molecule has 1 aromatic heterocycles. The first-order chi connectivity index (χ1) is 12.5. The molecule has 1 amide bonds. The number of rotatable bonds is 6. The Balaban J connectivity index is 1.72. The van der Waals surface area contributed by atoms with Gasteiger partial charge in [-0.05, 0) is 56.5 Å². The van der Waals surface area contributed by atoms with Crippen molar-refractivity contribution >= 4 is 17.2 Å². The molecule has 4 nitrogen and oxygen atoms in total. The first kappa shape index (κ1) is 19.0. The predicted molar refractivity (Wildman–Crippen MR) is 102 cm³/mol. The van der Waals surface area contributed by atoms with E-state index in [0.717, 1.165) is 28.2 Å². The molecule has 2 heterocycles. The third kappa shape index (κ3) is 4.31. The molecule has 140 valence electrons. The molecule has 0 spiro atoms. The standard InChI is InChI=1S/C20H25FN2O2S/c1-13(2)23(20(24)18-8-6-16(11-22)25-18)12-17-7-9-19(26-17)14-4-3-5-15(21)10-14/h3-5,7,9-10,13,16,18H,6,8,11-12,22H2,1-2H3/t16-,18+/m1/s1. The van der Waals surface area contributed by atoms with E-state index in [1.807, 2.05) is 36.9 Å². The topological polar surface area (TPSA) is 55.6 Å². The Kier molecular flexibility index (Phi) is 6.06. The summed E-state index contributed by atoms with van der Waals surface area (Å²) in [7, 11) is 0. The highest BCUT2D eigenvalue weighted by atomic mass is 32.1. The van der Waals surface area contributed by atoms with Crippen LogP contribution >= 0.6 is 11.3 Å². The second kappa shape index (κ2) is 8.29. The van der Waals surface area contributed by atoms with E-state index in [0.29, 0.717) is 13.1 Å². The van der Waals surface area contributed by atoms with Crippen LogP contribution in [0.1, 0.15) is 31.6 Å². The number of hydrogen-bond donors (Lipinski definition) is 1. The number of halogens is 1. The van der Waals surface area contributed by atoms with Gasteiger partial charge in [0.2, 0.25) is 0 Å². The number of carbonyl (C=O) groups is 1. The van der Waals surface area contributed by atoms with Gasteiger partial charge in [-0.2, -0.15) is 0 Å². The second-order valence-electron chi connectivity index (χ2n) is 6.90. The van der Waals surface area contributed by atoms with Crippen LogP contribution in [-0.2, 0) is 16.1 Å². The SMILES string of the molecule is CC(C)N(Cc1ccc(-c2cccc(F)c2)s1)C(=O)[C@@H]1CC[C@H](CN)O1. The van der Waals surface area contributed by atoms with Gasteiger partial charge in [0.05, 0.1) is 12.6 Å². The van der Waals surface area contributed by atoms with Crippen molar-refractivity contribution in [3.63, 3.8) is 0 Å². The third-order valence-electron chi connectivity index (χ3n) is 4.65. The summed E-state index contributed by atoms with van der Waals surface area (Å²) in [5, 5.41) is 0. The molecule has 6 heteroatoms. The molecule has 0 radical (unpaired) electrons. The highest BCUT2D eigenvalue weighted by Crippen LogP contribution is 2.30. The van der Waals surface area contributed by atoms with Gasteiger partial charge >= 0.3 is 0 Å². The average molecular weight is 376 g/mol. The Morgan fingerprint density at radius 3 is 2.81 bits per heavy atom. The van der Waals surface area contributed by atoms with Crippen LogP contribution in [0.5, 0.6) is 0 Å². The van der Waals surface area contributed by atoms with E-state index in [9.17, 15) is 9.18 Å². The fourth-order valence-electron chi connectivity index (χ4n) is 3.19. The third-order valence-corrected chi connectivity index (χ3v) is 5.77. The molecule has 1 aliphatic heterocycles. The Bertz CT molecular complexity index is 762. The van der Waals surface area contributed by atoms with Gasteiger partial charge in [0.1, 0.15) is 11.9 Å². The van der Waals surface area contributed by atoms with E-state index < -0.39 is 6.10 Å². The highest BCUT2D eigenvalue weighted by Gasteiger charge is 2.34. The number of thiophene rings is 1. The Morgan fingerprint density at radius 1 is 1.35 bits per heavy atom. The molecule has 2 aromatic rings. The average Bonchev–Trinajstić information content (AvgIpc) is 3.28. The van der Waals surface area contributed by atoms with E-state index in [1.54, 1.807) is 17.4 Å². The number of nitrogens with two attached hydrogens (primary N) is 1. The van der Waals surface area contributed by atoms with Crippen LogP contribution in [0.2, 0.25) is 0 Å². The first-order valence-electron chi connectivity index (χ1n) is 8.98. The van der Waals surface area contributed by atoms with Crippen molar-refractivity contribution in [2.45, 2.75) is 51.5 Å². The van der Waals surface area contributed by atoms with Crippen molar-refractivity contribution in [1.29, 1.82) is 0 Å². The van der Waals surface area contributed by atoms with Gasteiger partial charge in [0.15, 0.2) is 0 Å². The maximum atomic E-state index is 13.4. The van der Waals surface area contributed by atoms with Gasteiger partial charge in [-0.25, -0.2) is 4.39 Å². The van der Waals surface area contributed by atoms with Crippen molar-refractivity contribution in [1.82, 2.24) is 4.90 Å². The molecule has 0 saturated carbocycles. The Hall–Kier alpha value is -1.76. The summed E-state index contributed by atoms with van der Waals surface area (Å²) in [6, 6.07) is 10.6. The summed E-state index contributed by atoms with van der Waals surface area (Å²) in [4.78, 5) is 16.8. The van der Waals surface area contributed by atoms with E-state index >= 15 is 0 Å². The summed E-state index contributed by atoms with van der Waals surface area (Å²) < 4.78 is 19.2. The number of carbonyl (C=O) groups excluding carboxylic acids is 1. The van der Waals surface area contributed by atoms with Crippen molar-refractivity contribution in [2.24, 2.45) is 5.73 Å². The largest absolute Gasteiger partial charge is 0.364 e. The van der Waals surface area contributed by atoms with Crippen LogP contribution < -0.4 is 5.73 Å². The fourth-order valence-corrected chi connectivity index (χ4v) is 4.19. The van der Waals surface area contributed by atoms with E-state index in [4.69, 9.17) is 10.5 Å². The molecule has 1 fully saturated rings. The van der Waals surface area contributed by atoms with Crippen LogP contribution in [0.25, 0.3) is 10.4 Å². The van der Waals surface area contributed by atoms with Crippen molar-refractivity contribution in [2.75, 3.05) is 6.54 Å². The number of nitrogens with zero attached hydrogens (tertiary/aromatic N) is 1. The lowest BCUT2D eigenvalue weighted by Crippen LogP contribution is -2.43. The lowest BCUT2D eigenvalue weighted by molar-refractivity contribution is -0.145.